The van der Waals surface area contributed by atoms with Crippen LogP contribution in [0.5, 0.6) is 0 Å². The summed E-state index contributed by atoms with van der Waals surface area (Å²) in [5.74, 6) is -0.393. The molecule has 0 unspecified atom stereocenters. The molecule has 0 spiro atoms. The Morgan fingerprint density at radius 2 is 1.59 bits per heavy atom. The first-order valence-electron chi connectivity index (χ1n) is 10.5. The normalized spacial score (nSPS) is 10.9. The van der Waals surface area contributed by atoms with Crippen LogP contribution in [0.1, 0.15) is 16.1 Å². The second-order valence-electron chi connectivity index (χ2n) is 7.51. The highest BCUT2D eigenvalue weighted by atomic mass is 32.2. The predicted molar refractivity (Wildman–Crippen MR) is 133 cm³/mol. The standard InChI is InChI=1S/C26H19N5O2S/c1-17-16-19(34-26-27-14-7-15-28-26)12-13-22(17)29-24(32)23-20-10-5-6-11-21(20)25(33)31(30-23)18-8-3-2-4-9-18/h2-16H,1H3,(H,29,32). The molecule has 0 atom stereocenters. The first-order valence-corrected chi connectivity index (χ1v) is 11.4. The van der Waals surface area contributed by atoms with Crippen LogP contribution in [0, 0.1) is 6.92 Å². The molecule has 2 aromatic heterocycles. The van der Waals surface area contributed by atoms with Crippen LogP contribution in [0.25, 0.3) is 16.5 Å². The van der Waals surface area contributed by atoms with E-state index in [2.05, 4.69) is 20.4 Å². The Labute approximate surface area is 199 Å². The summed E-state index contributed by atoms with van der Waals surface area (Å²) in [5.41, 5.74) is 2.03. The van der Waals surface area contributed by atoms with Gasteiger partial charge >= 0.3 is 0 Å². The summed E-state index contributed by atoms with van der Waals surface area (Å²) in [6.45, 7) is 1.92. The van der Waals surface area contributed by atoms with Crippen molar-refractivity contribution in [2.24, 2.45) is 0 Å². The van der Waals surface area contributed by atoms with Gasteiger partial charge in [-0.15, -0.1) is 0 Å². The molecule has 0 radical (unpaired) electrons. The Balaban J connectivity index is 1.49. The predicted octanol–water partition coefficient (Wildman–Crippen LogP) is 4.89. The minimum atomic E-state index is -0.393. The van der Waals surface area contributed by atoms with E-state index in [0.29, 0.717) is 27.3 Å². The molecule has 0 aliphatic rings. The van der Waals surface area contributed by atoms with Gasteiger partial charge in [-0.05, 0) is 66.7 Å². The van der Waals surface area contributed by atoms with Crippen molar-refractivity contribution in [3.8, 4) is 5.69 Å². The van der Waals surface area contributed by atoms with Crippen LogP contribution in [-0.2, 0) is 0 Å². The molecule has 0 aliphatic carbocycles. The summed E-state index contributed by atoms with van der Waals surface area (Å²) in [5, 5.41) is 8.97. The quantitative estimate of drug-likeness (QED) is 0.372. The highest BCUT2D eigenvalue weighted by Gasteiger charge is 2.18. The van der Waals surface area contributed by atoms with Crippen molar-refractivity contribution >= 4 is 34.1 Å². The fourth-order valence-electron chi connectivity index (χ4n) is 3.57. The Bertz CT molecular complexity index is 1550. The van der Waals surface area contributed by atoms with E-state index in [0.717, 1.165) is 10.5 Å². The first-order chi connectivity index (χ1) is 16.6. The van der Waals surface area contributed by atoms with Crippen molar-refractivity contribution in [1.82, 2.24) is 19.7 Å². The molecule has 0 aliphatic heterocycles. The van der Waals surface area contributed by atoms with Crippen LogP contribution >= 0.6 is 11.8 Å². The van der Waals surface area contributed by atoms with Gasteiger partial charge in [-0.25, -0.2) is 9.97 Å². The van der Waals surface area contributed by atoms with Gasteiger partial charge in [0.15, 0.2) is 10.9 Å². The average molecular weight is 466 g/mol. The van der Waals surface area contributed by atoms with Crippen LogP contribution in [0.15, 0.2) is 106 Å². The van der Waals surface area contributed by atoms with Crippen molar-refractivity contribution in [3.05, 3.63) is 113 Å². The molecule has 0 saturated heterocycles. The number of anilines is 1. The molecule has 3 aromatic carbocycles. The molecule has 0 saturated carbocycles. The van der Waals surface area contributed by atoms with Crippen molar-refractivity contribution in [1.29, 1.82) is 0 Å². The van der Waals surface area contributed by atoms with Crippen molar-refractivity contribution in [3.63, 3.8) is 0 Å². The van der Waals surface area contributed by atoms with Crippen molar-refractivity contribution in [2.75, 3.05) is 5.32 Å². The van der Waals surface area contributed by atoms with Gasteiger partial charge in [-0.3, -0.25) is 9.59 Å². The van der Waals surface area contributed by atoms with Crippen LogP contribution in [-0.4, -0.2) is 25.7 Å². The summed E-state index contributed by atoms with van der Waals surface area (Å²) in [6.07, 6.45) is 3.39. The lowest BCUT2D eigenvalue weighted by Gasteiger charge is -2.13. The number of para-hydroxylation sites is 1. The van der Waals surface area contributed by atoms with E-state index in [4.69, 9.17) is 0 Å². The zero-order chi connectivity index (χ0) is 23.5. The monoisotopic (exact) mass is 465 g/mol. The third kappa shape index (κ3) is 4.31. The SMILES string of the molecule is Cc1cc(Sc2ncccn2)ccc1NC(=O)c1nn(-c2ccccc2)c(=O)c2ccccc12. The lowest BCUT2D eigenvalue weighted by Crippen LogP contribution is -2.26. The summed E-state index contributed by atoms with van der Waals surface area (Å²) in [6, 6.07) is 23.5. The van der Waals surface area contributed by atoms with E-state index < -0.39 is 5.91 Å². The number of benzene rings is 3. The van der Waals surface area contributed by atoms with E-state index in [1.807, 2.05) is 43.3 Å². The molecule has 34 heavy (non-hydrogen) atoms. The maximum Gasteiger partial charge on any atom is 0.279 e. The van der Waals surface area contributed by atoms with Gasteiger partial charge in [0.2, 0.25) is 0 Å². The molecule has 0 fully saturated rings. The summed E-state index contributed by atoms with van der Waals surface area (Å²) in [7, 11) is 0. The number of aromatic nitrogens is 4. The number of carbonyl (C=O) groups is 1. The molecule has 5 aromatic rings. The number of aryl methyl sites for hydroxylation is 1. The van der Waals surface area contributed by atoms with E-state index >= 15 is 0 Å². The van der Waals surface area contributed by atoms with Gasteiger partial charge in [-0.1, -0.05) is 36.4 Å². The number of rotatable bonds is 5. The Morgan fingerprint density at radius 3 is 2.32 bits per heavy atom. The summed E-state index contributed by atoms with van der Waals surface area (Å²) in [4.78, 5) is 35.8. The minimum absolute atomic E-state index is 0.176. The van der Waals surface area contributed by atoms with E-state index in [1.165, 1.54) is 16.4 Å². The zero-order valence-electron chi connectivity index (χ0n) is 18.2. The molecule has 5 rings (SSSR count). The zero-order valence-corrected chi connectivity index (χ0v) is 19.0. The lowest BCUT2D eigenvalue weighted by molar-refractivity contribution is 0.102. The smallest absolute Gasteiger partial charge is 0.279 e. The topological polar surface area (TPSA) is 89.8 Å². The van der Waals surface area contributed by atoms with Gasteiger partial charge in [0.05, 0.1) is 11.1 Å². The Morgan fingerprint density at radius 1 is 0.882 bits per heavy atom. The Kier molecular flexibility index (Phi) is 5.88. The first kappa shape index (κ1) is 21.5. The molecular formula is C26H19N5O2S. The third-order valence-corrected chi connectivity index (χ3v) is 6.10. The van der Waals surface area contributed by atoms with Crippen LogP contribution in [0.4, 0.5) is 5.69 Å². The molecule has 8 heteroatoms. The van der Waals surface area contributed by atoms with E-state index in [1.54, 1.807) is 54.9 Å². The van der Waals surface area contributed by atoms with Crippen LogP contribution in [0.3, 0.4) is 0 Å². The maximum absolute atomic E-state index is 13.3. The van der Waals surface area contributed by atoms with Crippen molar-refractivity contribution < 1.29 is 4.79 Å². The Hall–Kier alpha value is -4.30. The van der Waals surface area contributed by atoms with Crippen molar-refractivity contribution in [2.45, 2.75) is 17.0 Å². The second kappa shape index (κ2) is 9.29. The number of nitrogens with one attached hydrogen (secondary N) is 1. The molecule has 2 heterocycles. The minimum Gasteiger partial charge on any atom is -0.320 e. The fraction of sp³-hybridized carbons (Fsp3) is 0.0385. The largest absolute Gasteiger partial charge is 0.320 e. The van der Waals surface area contributed by atoms with E-state index in [9.17, 15) is 9.59 Å². The number of hydrogen-bond donors (Lipinski definition) is 1. The molecular weight excluding hydrogens is 446 g/mol. The van der Waals surface area contributed by atoms with Gasteiger partial charge < -0.3 is 5.32 Å². The maximum atomic E-state index is 13.3. The van der Waals surface area contributed by atoms with Gasteiger partial charge in [0.1, 0.15) is 0 Å². The number of fused-ring (bicyclic) bond motifs is 1. The molecule has 166 valence electrons. The van der Waals surface area contributed by atoms with Crippen LogP contribution < -0.4 is 10.9 Å². The van der Waals surface area contributed by atoms with Gasteiger partial charge in [0.25, 0.3) is 11.5 Å². The number of amides is 1. The summed E-state index contributed by atoms with van der Waals surface area (Å²) >= 11 is 1.44. The highest BCUT2D eigenvalue weighted by Crippen LogP contribution is 2.28. The van der Waals surface area contributed by atoms with Crippen LogP contribution in [0.2, 0.25) is 0 Å². The van der Waals surface area contributed by atoms with Gasteiger partial charge in [-0.2, -0.15) is 9.78 Å². The molecule has 7 nitrogen and oxygen atoms in total. The molecule has 0 bridgehead atoms. The number of nitrogens with zero attached hydrogens (tertiary/aromatic N) is 4. The fourth-order valence-corrected chi connectivity index (χ4v) is 4.38. The average Bonchev–Trinajstić information content (AvgIpc) is 2.87. The highest BCUT2D eigenvalue weighted by molar-refractivity contribution is 7.99. The second-order valence-corrected chi connectivity index (χ2v) is 8.55. The molecule has 1 amide bonds. The number of carbonyl (C=O) groups excluding carboxylic acids is 1. The number of hydrogen-bond acceptors (Lipinski definition) is 6. The molecule has 1 N–H and O–H groups in total. The van der Waals surface area contributed by atoms with E-state index in [-0.39, 0.29) is 11.3 Å². The third-order valence-electron chi connectivity index (χ3n) is 5.22. The summed E-state index contributed by atoms with van der Waals surface area (Å²) < 4.78 is 1.27. The lowest BCUT2D eigenvalue weighted by atomic mass is 10.1. The van der Waals surface area contributed by atoms with Gasteiger partial charge in [0, 0.05) is 28.4 Å².